The van der Waals surface area contributed by atoms with E-state index in [1.807, 2.05) is 48.5 Å². The van der Waals surface area contributed by atoms with Crippen LogP contribution in [0.25, 0.3) is 22.3 Å². The molecule has 2 N–H and O–H groups in total. The number of hydrogen-bond donors (Lipinski definition) is 2. The average Bonchev–Trinajstić information content (AvgIpc) is 3.35. The second kappa shape index (κ2) is 7.94. The number of benzene rings is 3. The molecule has 0 bridgehead atoms. The van der Waals surface area contributed by atoms with Gasteiger partial charge in [-0.1, -0.05) is 48.5 Å². The summed E-state index contributed by atoms with van der Waals surface area (Å²) in [4.78, 5) is 38.9. The number of anilines is 1. The molecule has 3 aromatic carbocycles. The molecule has 33 heavy (non-hydrogen) atoms. The lowest BCUT2D eigenvalue weighted by atomic mass is 9.92. The van der Waals surface area contributed by atoms with Crippen molar-refractivity contribution in [2.45, 2.75) is 12.5 Å². The van der Waals surface area contributed by atoms with Gasteiger partial charge in [0.25, 0.3) is 5.91 Å². The molecule has 2 heterocycles. The number of rotatable bonds is 5. The molecule has 5 rings (SSSR count). The Morgan fingerprint density at radius 1 is 0.970 bits per heavy atom. The third-order valence-electron chi connectivity index (χ3n) is 5.81. The van der Waals surface area contributed by atoms with Crippen molar-refractivity contribution in [2.24, 2.45) is 0 Å². The number of urea groups is 1. The molecule has 1 aliphatic rings. The standard InChI is InChI=1S/C26H21N3O4/c1-26(19-8-3-2-4-9-19)24(31)29(25(32)28-26)16-23(30)27-20-13-11-17(12-14-20)22-15-18-7-5-6-10-21(18)33-22/h2-15H,16H2,1H3,(H,27,30)(H,28,32). The van der Waals surface area contributed by atoms with Gasteiger partial charge in [-0.3, -0.25) is 14.5 Å². The van der Waals surface area contributed by atoms with Crippen LogP contribution in [0.1, 0.15) is 12.5 Å². The van der Waals surface area contributed by atoms with Crippen molar-refractivity contribution in [2.75, 3.05) is 11.9 Å². The predicted octanol–water partition coefficient (Wildman–Crippen LogP) is 4.51. The molecule has 7 heteroatoms. The first-order chi connectivity index (χ1) is 15.9. The van der Waals surface area contributed by atoms with Crippen LogP contribution in [0.3, 0.4) is 0 Å². The van der Waals surface area contributed by atoms with Gasteiger partial charge < -0.3 is 15.1 Å². The Bertz CT molecular complexity index is 1330. The quantitative estimate of drug-likeness (QED) is 0.448. The van der Waals surface area contributed by atoms with E-state index in [1.165, 1.54) is 0 Å². The third-order valence-corrected chi connectivity index (χ3v) is 5.81. The Labute approximate surface area is 190 Å². The number of para-hydroxylation sites is 1. The number of hydrogen-bond acceptors (Lipinski definition) is 4. The highest BCUT2D eigenvalue weighted by molar-refractivity contribution is 6.10. The molecular formula is C26H21N3O4. The van der Waals surface area contributed by atoms with E-state index in [9.17, 15) is 14.4 Å². The second-order valence-corrected chi connectivity index (χ2v) is 8.09. The summed E-state index contributed by atoms with van der Waals surface area (Å²) in [6.07, 6.45) is 0. The highest BCUT2D eigenvalue weighted by Gasteiger charge is 2.49. The van der Waals surface area contributed by atoms with E-state index in [-0.39, 0.29) is 6.54 Å². The number of carbonyl (C=O) groups is 3. The molecule has 164 valence electrons. The third kappa shape index (κ3) is 3.74. The summed E-state index contributed by atoms with van der Waals surface area (Å²) in [7, 11) is 0. The molecule has 0 saturated carbocycles. The van der Waals surface area contributed by atoms with Gasteiger partial charge in [-0.25, -0.2) is 4.79 Å². The van der Waals surface area contributed by atoms with Crippen LogP contribution in [0.4, 0.5) is 10.5 Å². The lowest BCUT2D eigenvalue weighted by Crippen LogP contribution is -2.42. The van der Waals surface area contributed by atoms with Crippen molar-refractivity contribution in [1.29, 1.82) is 0 Å². The fourth-order valence-corrected chi connectivity index (χ4v) is 3.99. The maximum atomic E-state index is 13.0. The van der Waals surface area contributed by atoms with Gasteiger partial charge in [0.2, 0.25) is 5.91 Å². The maximum Gasteiger partial charge on any atom is 0.325 e. The SMILES string of the molecule is CC1(c2ccccc2)NC(=O)N(CC(=O)Nc2ccc(-c3cc4ccccc4o3)cc2)C1=O. The fourth-order valence-electron chi connectivity index (χ4n) is 3.99. The molecule has 4 amide bonds. The van der Waals surface area contributed by atoms with Crippen LogP contribution in [0.2, 0.25) is 0 Å². The normalized spacial score (nSPS) is 17.9. The summed E-state index contributed by atoms with van der Waals surface area (Å²) < 4.78 is 5.87. The van der Waals surface area contributed by atoms with Gasteiger partial charge >= 0.3 is 6.03 Å². The number of fused-ring (bicyclic) bond motifs is 1. The van der Waals surface area contributed by atoms with Gasteiger partial charge in [0.1, 0.15) is 23.4 Å². The zero-order valence-corrected chi connectivity index (χ0v) is 17.9. The number of nitrogens with one attached hydrogen (secondary N) is 2. The van der Waals surface area contributed by atoms with Crippen LogP contribution < -0.4 is 10.6 Å². The van der Waals surface area contributed by atoms with E-state index >= 15 is 0 Å². The minimum Gasteiger partial charge on any atom is -0.456 e. The van der Waals surface area contributed by atoms with E-state index < -0.39 is 23.4 Å². The van der Waals surface area contributed by atoms with Gasteiger partial charge in [0, 0.05) is 16.6 Å². The minimum absolute atomic E-state index is 0.377. The zero-order chi connectivity index (χ0) is 23.0. The molecule has 0 radical (unpaired) electrons. The molecule has 4 aromatic rings. The van der Waals surface area contributed by atoms with Crippen molar-refractivity contribution in [3.63, 3.8) is 0 Å². The molecule has 7 nitrogen and oxygen atoms in total. The van der Waals surface area contributed by atoms with Crippen molar-refractivity contribution >= 4 is 34.5 Å². The summed E-state index contributed by atoms with van der Waals surface area (Å²) in [6, 6.07) is 25.3. The van der Waals surface area contributed by atoms with Gasteiger partial charge in [-0.05, 0) is 48.9 Å². The molecule has 1 aromatic heterocycles. The summed E-state index contributed by atoms with van der Waals surface area (Å²) in [5.74, 6) is -0.199. The summed E-state index contributed by atoms with van der Waals surface area (Å²) in [5, 5.41) is 6.45. The van der Waals surface area contributed by atoms with Crippen molar-refractivity contribution < 1.29 is 18.8 Å². The number of carbonyl (C=O) groups excluding carboxylic acids is 3. The minimum atomic E-state index is -1.20. The van der Waals surface area contributed by atoms with E-state index in [0.29, 0.717) is 11.3 Å². The number of imide groups is 1. The molecular weight excluding hydrogens is 418 g/mol. The van der Waals surface area contributed by atoms with Gasteiger partial charge in [-0.2, -0.15) is 0 Å². The summed E-state index contributed by atoms with van der Waals surface area (Å²) >= 11 is 0. The van der Waals surface area contributed by atoms with E-state index in [4.69, 9.17) is 4.42 Å². The fraction of sp³-hybridized carbons (Fsp3) is 0.115. The first kappa shape index (κ1) is 20.5. The van der Waals surface area contributed by atoms with Crippen LogP contribution >= 0.6 is 0 Å². The predicted molar refractivity (Wildman–Crippen MR) is 124 cm³/mol. The van der Waals surface area contributed by atoms with E-state index in [0.717, 1.165) is 27.2 Å². The van der Waals surface area contributed by atoms with Gasteiger partial charge in [0.05, 0.1) is 0 Å². The van der Waals surface area contributed by atoms with Crippen LogP contribution in [0.5, 0.6) is 0 Å². The van der Waals surface area contributed by atoms with Gasteiger partial charge in [0.15, 0.2) is 0 Å². The Morgan fingerprint density at radius 3 is 2.39 bits per heavy atom. The monoisotopic (exact) mass is 439 g/mol. The van der Waals surface area contributed by atoms with E-state index in [1.54, 1.807) is 43.3 Å². The van der Waals surface area contributed by atoms with Crippen molar-refractivity contribution in [3.05, 3.63) is 90.5 Å². The topological polar surface area (TPSA) is 91.7 Å². The molecule has 1 aliphatic heterocycles. The van der Waals surface area contributed by atoms with E-state index in [2.05, 4.69) is 10.6 Å². The van der Waals surface area contributed by atoms with Crippen LogP contribution in [-0.4, -0.2) is 29.3 Å². The van der Waals surface area contributed by atoms with Crippen LogP contribution in [0.15, 0.2) is 89.3 Å². The molecule has 1 saturated heterocycles. The van der Waals surface area contributed by atoms with Crippen LogP contribution in [0, 0.1) is 0 Å². The molecule has 0 aliphatic carbocycles. The Morgan fingerprint density at radius 2 is 1.67 bits per heavy atom. The lowest BCUT2D eigenvalue weighted by molar-refractivity contribution is -0.133. The summed E-state index contributed by atoms with van der Waals surface area (Å²) in [6.45, 7) is 1.26. The molecule has 1 unspecified atom stereocenters. The van der Waals surface area contributed by atoms with Crippen LogP contribution in [-0.2, 0) is 15.1 Å². The zero-order valence-electron chi connectivity index (χ0n) is 17.9. The highest BCUT2D eigenvalue weighted by atomic mass is 16.3. The Hall–Kier alpha value is -4.39. The number of nitrogens with zero attached hydrogens (tertiary/aromatic N) is 1. The largest absolute Gasteiger partial charge is 0.456 e. The molecule has 1 fully saturated rings. The maximum absolute atomic E-state index is 13.0. The first-order valence-corrected chi connectivity index (χ1v) is 10.5. The molecule has 0 spiro atoms. The average molecular weight is 439 g/mol. The van der Waals surface area contributed by atoms with Crippen molar-refractivity contribution in [3.8, 4) is 11.3 Å². The molecule has 1 atom stereocenters. The number of furan rings is 1. The Kier molecular flexibility index (Phi) is 4.94. The van der Waals surface area contributed by atoms with Crippen molar-refractivity contribution in [1.82, 2.24) is 10.2 Å². The Balaban J connectivity index is 1.26. The van der Waals surface area contributed by atoms with Gasteiger partial charge in [-0.15, -0.1) is 0 Å². The number of amides is 4. The summed E-state index contributed by atoms with van der Waals surface area (Å²) in [5.41, 5.74) is 1.69. The smallest absolute Gasteiger partial charge is 0.325 e. The second-order valence-electron chi connectivity index (χ2n) is 8.09. The highest BCUT2D eigenvalue weighted by Crippen LogP contribution is 2.30. The lowest BCUT2D eigenvalue weighted by Gasteiger charge is -2.22. The first-order valence-electron chi connectivity index (χ1n) is 10.5.